The third-order valence-corrected chi connectivity index (χ3v) is 5.44. The fraction of sp³-hybridized carbons (Fsp3) is 0.208. The van der Waals surface area contributed by atoms with Gasteiger partial charge >= 0.3 is 0 Å². The number of fused-ring (bicyclic) bond motifs is 1. The second-order valence-electron chi connectivity index (χ2n) is 7.73. The van der Waals surface area contributed by atoms with Crippen LogP contribution in [0.2, 0.25) is 0 Å². The lowest BCUT2D eigenvalue weighted by molar-refractivity contribution is 0.0303. The monoisotopic (exact) mass is 431 g/mol. The number of morpholine rings is 1. The number of carbonyl (C=O) groups excluding carboxylic acids is 1. The Balaban J connectivity index is 1.37. The molecule has 0 bridgehead atoms. The van der Waals surface area contributed by atoms with Gasteiger partial charge in [0, 0.05) is 30.5 Å². The lowest BCUT2D eigenvalue weighted by atomic mass is 10.1. The molecule has 1 saturated heterocycles. The number of amides is 1. The standard InChI is InChI=1S/C24H22FN5O2/c25-19-5-1-3-16(12-19)11-17-13-21-22(26-15-17)28-29-23(21)27-20-6-2-4-18(14-20)24(31)30-7-9-32-10-8-30/h1-6,12-15H,7-11H2,(H2,26,27,28,29). The summed E-state index contributed by atoms with van der Waals surface area (Å²) in [6.45, 7) is 2.33. The Kier molecular flexibility index (Phi) is 5.51. The van der Waals surface area contributed by atoms with Crippen molar-refractivity contribution in [3.05, 3.63) is 83.3 Å². The number of ether oxygens (including phenoxy) is 1. The van der Waals surface area contributed by atoms with Gasteiger partial charge in [-0.15, -0.1) is 0 Å². The maximum absolute atomic E-state index is 13.5. The van der Waals surface area contributed by atoms with Crippen molar-refractivity contribution in [1.82, 2.24) is 20.1 Å². The molecule has 8 heteroatoms. The molecule has 1 fully saturated rings. The number of aromatic nitrogens is 3. The number of nitrogens with zero attached hydrogens (tertiary/aromatic N) is 3. The van der Waals surface area contributed by atoms with Crippen molar-refractivity contribution >= 4 is 28.4 Å². The highest BCUT2D eigenvalue weighted by molar-refractivity contribution is 5.96. The lowest BCUT2D eigenvalue weighted by Gasteiger charge is -2.27. The number of H-pyrrole nitrogens is 1. The number of pyridine rings is 1. The van der Waals surface area contributed by atoms with Gasteiger partial charge in [-0.05, 0) is 53.9 Å². The minimum Gasteiger partial charge on any atom is -0.378 e. The fourth-order valence-corrected chi connectivity index (χ4v) is 3.84. The van der Waals surface area contributed by atoms with E-state index in [1.54, 1.807) is 17.2 Å². The van der Waals surface area contributed by atoms with Gasteiger partial charge in [-0.2, -0.15) is 5.10 Å². The van der Waals surface area contributed by atoms with Gasteiger partial charge < -0.3 is 15.0 Å². The van der Waals surface area contributed by atoms with E-state index in [-0.39, 0.29) is 11.7 Å². The summed E-state index contributed by atoms with van der Waals surface area (Å²) in [7, 11) is 0. The van der Waals surface area contributed by atoms with Gasteiger partial charge in [-0.3, -0.25) is 9.89 Å². The predicted molar refractivity (Wildman–Crippen MR) is 120 cm³/mol. The minimum absolute atomic E-state index is 0.00883. The Morgan fingerprint density at radius 2 is 1.94 bits per heavy atom. The third-order valence-electron chi connectivity index (χ3n) is 5.44. The number of hydrogen-bond donors (Lipinski definition) is 2. The van der Waals surface area contributed by atoms with E-state index in [2.05, 4.69) is 20.5 Å². The number of carbonyl (C=O) groups is 1. The van der Waals surface area contributed by atoms with Crippen LogP contribution in [0.25, 0.3) is 11.0 Å². The van der Waals surface area contributed by atoms with Crippen molar-refractivity contribution < 1.29 is 13.9 Å². The molecule has 3 heterocycles. The summed E-state index contributed by atoms with van der Waals surface area (Å²) in [5, 5.41) is 11.4. The molecular formula is C24H22FN5O2. The quantitative estimate of drug-likeness (QED) is 0.501. The molecule has 0 atom stereocenters. The SMILES string of the molecule is O=C(c1cccc(Nc2[nH]nc3ncc(Cc4cccc(F)c4)cc23)c1)N1CCOCC1. The van der Waals surface area contributed by atoms with E-state index < -0.39 is 0 Å². The molecule has 2 aromatic heterocycles. The van der Waals surface area contributed by atoms with Gasteiger partial charge in [0.25, 0.3) is 5.91 Å². The molecule has 0 radical (unpaired) electrons. The Bertz CT molecular complexity index is 1270. The van der Waals surface area contributed by atoms with Gasteiger partial charge in [0.15, 0.2) is 5.65 Å². The van der Waals surface area contributed by atoms with Crippen LogP contribution in [-0.4, -0.2) is 52.3 Å². The average molecular weight is 431 g/mol. The second-order valence-corrected chi connectivity index (χ2v) is 7.73. The first-order chi connectivity index (χ1) is 15.7. The van der Waals surface area contributed by atoms with E-state index in [9.17, 15) is 9.18 Å². The molecule has 7 nitrogen and oxygen atoms in total. The number of anilines is 2. The summed E-state index contributed by atoms with van der Waals surface area (Å²) in [4.78, 5) is 19.0. The largest absolute Gasteiger partial charge is 0.378 e. The number of hydrogen-bond acceptors (Lipinski definition) is 5. The highest BCUT2D eigenvalue weighted by Gasteiger charge is 2.19. The molecular weight excluding hydrogens is 409 g/mol. The number of halogens is 1. The van der Waals surface area contributed by atoms with Crippen LogP contribution in [0, 0.1) is 5.82 Å². The van der Waals surface area contributed by atoms with Crippen LogP contribution in [-0.2, 0) is 11.2 Å². The van der Waals surface area contributed by atoms with Gasteiger partial charge in [0.2, 0.25) is 0 Å². The van der Waals surface area contributed by atoms with E-state index in [1.165, 1.54) is 12.1 Å². The molecule has 4 aromatic rings. The molecule has 1 aliphatic rings. The predicted octanol–water partition coefficient (Wildman–Crippen LogP) is 3.90. The van der Waals surface area contributed by atoms with Crippen LogP contribution in [0.5, 0.6) is 0 Å². The Morgan fingerprint density at radius 3 is 2.78 bits per heavy atom. The molecule has 1 aliphatic heterocycles. The summed E-state index contributed by atoms with van der Waals surface area (Å²) in [6, 6.07) is 15.9. The molecule has 0 unspecified atom stereocenters. The van der Waals surface area contributed by atoms with Crippen LogP contribution in [0.4, 0.5) is 15.9 Å². The zero-order valence-corrected chi connectivity index (χ0v) is 17.3. The smallest absolute Gasteiger partial charge is 0.254 e. The first-order valence-electron chi connectivity index (χ1n) is 10.5. The molecule has 0 spiro atoms. The van der Waals surface area contributed by atoms with E-state index in [4.69, 9.17) is 4.74 Å². The van der Waals surface area contributed by atoms with Crippen molar-refractivity contribution in [1.29, 1.82) is 0 Å². The van der Waals surface area contributed by atoms with Crippen LogP contribution in [0.15, 0.2) is 60.8 Å². The van der Waals surface area contributed by atoms with Crippen molar-refractivity contribution in [2.45, 2.75) is 6.42 Å². The van der Waals surface area contributed by atoms with Crippen LogP contribution >= 0.6 is 0 Å². The molecule has 0 aliphatic carbocycles. The zero-order valence-electron chi connectivity index (χ0n) is 17.3. The Morgan fingerprint density at radius 1 is 1.09 bits per heavy atom. The summed E-state index contributed by atoms with van der Waals surface area (Å²) in [6.07, 6.45) is 2.31. The van der Waals surface area contributed by atoms with Crippen molar-refractivity contribution in [3.63, 3.8) is 0 Å². The number of benzene rings is 2. The maximum Gasteiger partial charge on any atom is 0.254 e. The molecule has 5 rings (SSSR count). The molecule has 2 N–H and O–H groups in total. The zero-order chi connectivity index (χ0) is 21.9. The summed E-state index contributed by atoms with van der Waals surface area (Å²) in [5.74, 6) is 0.420. The fourth-order valence-electron chi connectivity index (χ4n) is 3.84. The van der Waals surface area contributed by atoms with Crippen LogP contribution < -0.4 is 5.32 Å². The van der Waals surface area contributed by atoms with E-state index in [0.29, 0.717) is 49.8 Å². The first-order valence-corrected chi connectivity index (χ1v) is 10.5. The van der Waals surface area contributed by atoms with Crippen molar-refractivity contribution in [2.75, 3.05) is 31.6 Å². The van der Waals surface area contributed by atoms with E-state index in [1.807, 2.05) is 36.4 Å². The highest BCUT2D eigenvalue weighted by Crippen LogP contribution is 2.25. The Hall–Kier alpha value is -3.78. The summed E-state index contributed by atoms with van der Waals surface area (Å²) >= 11 is 0. The molecule has 0 saturated carbocycles. The average Bonchev–Trinajstić information content (AvgIpc) is 3.21. The number of nitrogens with one attached hydrogen (secondary N) is 2. The summed E-state index contributed by atoms with van der Waals surface area (Å²) in [5.41, 5.74) is 3.79. The van der Waals surface area contributed by atoms with Gasteiger partial charge in [0.05, 0.1) is 18.6 Å². The van der Waals surface area contributed by atoms with Crippen molar-refractivity contribution in [2.24, 2.45) is 0 Å². The lowest BCUT2D eigenvalue weighted by Crippen LogP contribution is -2.40. The topological polar surface area (TPSA) is 83.1 Å². The Labute approximate surface area is 184 Å². The molecule has 162 valence electrons. The molecule has 2 aromatic carbocycles. The van der Waals surface area contributed by atoms with Gasteiger partial charge in [0.1, 0.15) is 11.6 Å². The molecule has 1 amide bonds. The minimum atomic E-state index is -0.256. The van der Waals surface area contributed by atoms with E-state index >= 15 is 0 Å². The van der Waals surface area contributed by atoms with Gasteiger partial charge in [-0.1, -0.05) is 18.2 Å². The normalized spacial score (nSPS) is 14.0. The van der Waals surface area contributed by atoms with E-state index in [0.717, 1.165) is 22.2 Å². The highest BCUT2D eigenvalue weighted by atomic mass is 19.1. The maximum atomic E-state index is 13.5. The van der Waals surface area contributed by atoms with Crippen LogP contribution in [0.3, 0.4) is 0 Å². The van der Waals surface area contributed by atoms with Gasteiger partial charge in [-0.25, -0.2) is 9.37 Å². The molecule has 32 heavy (non-hydrogen) atoms. The number of rotatable bonds is 5. The summed E-state index contributed by atoms with van der Waals surface area (Å²) < 4.78 is 18.8. The second kappa shape index (κ2) is 8.76. The van der Waals surface area contributed by atoms with Crippen LogP contribution in [0.1, 0.15) is 21.5 Å². The van der Waals surface area contributed by atoms with Crippen molar-refractivity contribution in [3.8, 4) is 0 Å². The first kappa shape index (κ1) is 20.1. The third kappa shape index (κ3) is 4.31. The number of aromatic amines is 1.